The van der Waals surface area contributed by atoms with Crippen molar-refractivity contribution in [3.63, 3.8) is 0 Å². The molecule has 4 aromatic heterocycles. The molecule has 8 rings (SSSR count). The molecule has 2 aromatic carbocycles. The lowest BCUT2D eigenvalue weighted by molar-refractivity contribution is -0.124. The van der Waals surface area contributed by atoms with Crippen molar-refractivity contribution in [2.75, 3.05) is 13.1 Å². The molecule has 2 atom stereocenters. The van der Waals surface area contributed by atoms with Crippen molar-refractivity contribution < 1.29 is 9.59 Å². The number of hydrogen-bond acceptors (Lipinski definition) is 6. The van der Waals surface area contributed by atoms with Gasteiger partial charge in [0.05, 0.1) is 32.3 Å². The Kier molecular flexibility index (Phi) is 15.3. The van der Waals surface area contributed by atoms with Gasteiger partial charge in [-0.2, -0.15) is 0 Å². The Bertz CT molecular complexity index is 2290. The van der Waals surface area contributed by atoms with Crippen LogP contribution < -0.4 is 0 Å². The van der Waals surface area contributed by atoms with E-state index >= 15 is 9.59 Å². The summed E-state index contributed by atoms with van der Waals surface area (Å²) in [6.07, 6.45) is 18.7. The van der Waals surface area contributed by atoms with E-state index in [2.05, 4.69) is 122 Å². The Morgan fingerprint density at radius 2 is 0.806 bits per heavy atom. The highest BCUT2D eigenvalue weighted by atomic mass is 32.1. The first-order valence-electron chi connectivity index (χ1n) is 23.7. The number of hydrogen-bond donors (Lipinski definition) is 0. The summed E-state index contributed by atoms with van der Waals surface area (Å²) < 4.78 is 2.54. The molecule has 62 heavy (non-hydrogen) atoms. The quantitative estimate of drug-likeness (QED) is 0.0568. The van der Waals surface area contributed by atoms with Gasteiger partial charge in [0, 0.05) is 42.0 Å². The van der Waals surface area contributed by atoms with Crippen LogP contribution in [0.1, 0.15) is 140 Å². The number of rotatable bonds is 24. The maximum Gasteiger partial charge on any atom is 0.261 e. The summed E-state index contributed by atoms with van der Waals surface area (Å²) >= 11 is 7.10. The molecule has 2 aliphatic rings. The molecule has 0 saturated carbocycles. The monoisotopic (exact) mass is 900 g/mol. The number of carbonyl (C=O) groups is 2. The maximum absolute atomic E-state index is 15.6. The van der Waals surface area contributed by atoms with Gasteiger partial charge in [-0.1, -0.05) is 141 Å². The molecule has 4 nitrogen and oxygen atoms in total. The molecule has 0 aliphatic carbocycles. The zero-order valence-electron chi connectivity index (χ0n) is 37.3. The lowest BCUT2D eigenvalue weighted by Gasteiger charge is -2.29. The van der Waals surface area contributed by atoms with Gasteiger partial charge in [-0.05, 0) is 96.8 Å². The number of thiophene rings is 4. The van der Waals surface area contributed by atoms with Gasteiger partial charge in [-0.3, -0.25) is 9.59 Å². The van der Waals surface area contributed by atoms with E-state index in [1.165, 1.54) is 91.0 Å². The lowest BCUT2D eigenvalue weighted by Crippen LogP contribution is -2.34. The van der Waals surface area contributed by atoms with Crippen LogP contribution in [0.15, 0.2) is 96.1 Å². The molecule has 2 unspecified atom stereocenters. The van der Waals surface area contributed by atoms with Crippen LogP contribution in [0.5, 0.6) is 0 Å². The van der Waals surface area contributed by atoms with Crippen molar-refractivity contribution in [3.8, 4) is 19.5 Å². The van der Waals surface area contributed by atoms with Crippen molar-refractivity contribution in [1.82, 2.24) is 9.80 Å². The minimum atomic E-state index is 0.0117. The standard InChI is InChI=1S/C54H64N2O2S4/c1-5-9-13-15-23-37(21-11-7-3)35-55-51(45-31-29-43(61-45)47-33-39-25-17-19-27-41(39)59-47)49-50(53(55)57)52(56(54(49)58)36-38(22-12-8-4)24-16-14-10-6-2)46-32-30-44(62-46)48-34-40-26-18-20-28-42(40)60-48/h17-20,25-34,37-38H,5-16,21-24,35-36H2,1-4H3. The predicted octanol–water partition coefficient (Wildman–Crippen LogP) is 16.9. The van der Waals surface area contributed by atoms with Crippen LogP contribution in [0.25, 0.3) is 51.1 Å². The summed E-state index contributed by atoms with van der Waals surface area (Å²) in [5.41, 5.74) is 2.95. The average Bonchev–Trinajstić information content (AvgIpc) is 4.15. The van der Waals surface area contributed by atoms with Crippen molar-refractivity contribution in [1.29, 1.82) is 0 Å². The van der Waals surface area contributed by atoms with Crippen LogP contribution in [0.4, 0.5) is 0 Å². The lowest BCUT2D eigenvalue weighted by atomic mass is 9.94. The van der Waals surface area contributed by atoms with Crippen molar-refractivity contribution >= 4 is 88.7 Å². The molecular formula is C54H64N2O2S4. The van der Waals surface area contributed by atoms with Gasteiger partial charge < -0.3 is 9.80 Å². The molecule has 2 aliphatic heterocycles. The Balaban J connectivity index is 1.25. The van der Waals surface area contributed by atoms with Gasteiger partial charge in [-0.25, -0.2) is 0 Å². The summed E-state index contributed by atoms with van der Waals surface area (Å²) in [5, 5.41) is 2.50. The largest absolute Gasteiger partial charge is 0.306 e. The second-order valence-electron chi connectivity index (χ2n) is 17.6. The third-order valence-corrected chi connectivity index (χ3v) is 17.7. The summed E-state index contributed by atoms with van der Waals surface area (Å²) in [6, 6.07) is 30.5. The molecule has 0 N–H and O–H groups in total. The fourth-order valence-electron chi connectivity index (χ4n) is 9.53. The van der Waals surface area contributed by atoms with Crippen LogP contribution in [0.2, 0.25) is 0 Å². The highest BCUT2D eigenvalue weighted by Crippen LogP contribution is 2.51. The molecule has 6 aromatic rings. The van der Waals surface area contributed by atoms with E-state index in [9.17, 15) is 0 Å². The number of fused-ring (bicyclic) bond motifs is 3. The van der Waals surface area contributed by atoms with E-state index in [4.69, 9.17) is 0 Å². The number of carbonyl (C=O) groups excluding carboxylic acids is 2. The smallest absolute Gasteiger partial charge is 0.261 e. The Labute approximate surface area is 386 Å². The Morgan fingerprint density at radius 3 is 1.21 bits per heavy atom. The van der Waals surface area contributed by atoms with E-state index in [-0.39, 0.29) is 11.8 Å². The molecule has 6 heterocycles. The fraction of sp³-hybridized carbons (Fsp3) is 0.444. The van der Waals surface area contributed by atoms with E-state index in [0.717, 1.165) is 72.5 Å². The highest BCUT2D eigenvalue weighted by Gasteiger charge is 2.50. The van der Waals surface area contributed by atoms with Crippen molar-refractivity contribution in [3.05, 3.63) is 106 Å². The van der Waals surface area contributed by atoms with E-state index in [1.54, 1.807) is 22.7 Å². The second kappa shape index (κ2) is 21.2. The molecule has 0 saturated heterocycles. The van der Waals surface area contributed by atoms with E-state index < -0.39 is 0 Å². The summed E-state index contributed by atoms with van der Waals surface area (Å²) in [7, 11) is 0. The Morgan fingerprint density at radius 1 is 0.419 bits per heavy atom. The summed E-state index contributed by atoms with van der Waals surface area (Å²) in [4.78, 5) is 42.2. The number of amides is 2. The molecule has 2 amide bonds. The Hall–Kier alpha value is -3.82. The summed E-state index contributed by atoms with van der Waals surface area (Å²) in [5.74, 6) is 0.783. The molecular weight excluding hydrogens is 837 g/mol. The molecule has 0 spiro atoms. The second-order valence-corrected chi connectivity index (χ2v) is 22.0. The van der Waals surface area contributed by atoms with Crippen molar-refractivity contribution in [2.24, 2.45) is 11.8 Å². The zero-order chi connectivity index (χ0) is 43.0. The third kappa shape index (κ3) is 9.79. The number of unbranched alkanes of at least 4 members (excludes halogenated alkanes) is 8. The average molecular weight is 901 g/mol. The van der Waals surface area contributed by atoms with Crippen LogP contribution >= 0.6 is 45.3 Å². The molecule has 326 valence electrons. The maximum atomic E-state index is 15.6. The first kappa shape index (κ1) is 44.8. The topological polar surface area (TPSA) is 40.6 Å². The van der Waals surface area contributed by atoms with Crippen LogP contribution in [0.3, 0.4) is 0 Å². The van der Waals surface area contributed by atoms with E-state index in [0.29, 0.717) is 36.1 Å². The molecule has 0 bridgehead atoms. The first-order valence-corrected chi connectivity index (χ1v) is 27.0. The van der Waals surface area contributed by atoms with Gasteiger partial charge in [0.15, 0.2) is 0 Å². The normalized spacial score (nSPS) is 15.4. The van der Waals surface area contributed by atoms with Gasteiger partial charge in [-0.15, -0.1) is 45.3 Å². The fourth-order valence-corrected chi connectivity index (χ4v) is 14.0. The third-order valence-electron chi connectivity index (χ3n) is 12.9. The predicted molar refractivity (Wildman–Crippen MR) is 271 cm³/mol. The van der Waals surface area contributed by atoms with Gasteiger partial charge in [0.2, 0.25) is 0 Å². The van der Waals surface area contributed by atoms with Gasteiger partial charge in [0.1, 0.15) is 0 Å². The number of nitrogens with zero attached hydrogens (tertiary/aromatic N) is 2. The molecule has 0 fully saturated rings. The van der Waals surface area contributed by atoms with Crippen molar-refractivity contribution in [2.45, 2.75) is 130 Å². The summed E-state index contributed by atoms with van der Waals surface area (Å²) in [6.45, 7) is 10.4. The van der Waals surface area contributed by atoms with Gasteiger partial charge >= 0.3 is 0 Å². The van der Waals surface area contributed by atoms with Crippen LogP contribution in [0, 0.1) is 11.8 Å². The van der Waals surface area contributed by atoms with Crippen LogP contribution in [-0.4, -0.2) is 34.7 Å². The molecule has 0 radical (unpaired) electrons. The SMILES string of the molecule is CCCCCCC(CCCC)CN1C(=O)C2=C(c3ccc(-c4cc5ccccc5s4)s3)N(CC(CCCC)CCCCCC)C(=O)C2=C1c1ccc(-c2cc3ccccc3s2)s1. The molecule has 8 heteroatoms. The van der Waals surface area contributed by atoms with E-state index in [1.807, 2.05) is 22.7 Å². The highest BCUT2D eigenvalue weighted by molar-refractivity contribution is 7.27. The minimum absolute atomic E-state index is 0.0117. The minimum Gasteiger partial charge on any atom is -0.306 e. The zero-order valence-corrected chi connectivity index (χ0v) is 40.6. The van der Waals surface area contributed by atoms with Crippen LogP contribution in [-0.2, 0) is 9.59 Å². The number of benzene rings is 2. The first-order chi connectivity index (χ1) is 30.4. The van der Waals surface area contributed by atoms with Gasteiger partial charge in [0.25, 0.3) is 11.8 Å².